The predicted molar refractivity (Wildman–Crippen MR) is 59.3 cm³/mol. The smallest absolute Gasteiger partial charge is 0.111 e. The molecule has 0 bridgehead atoms. The minimum absolute atomic E-state index is 0.346. The maximum atomic E-state index is 9.34. The standard InChI is InChI=1S/C12H17N3/c1-12(10-13,15-7-2-3-8-15)9-11-5-4-6-14-11/h4-6,14H,2-3,7-9H2,1H3. The second-order valence-corrected chi connectivity index (χ2v) is 4.45. The molecule has 3 heteroatoms. The van der Waals surface area contributed by atoms with Gasteiger partial charge >= 0.3 is 0 Å². The molecule has 0 saturated carbocycles. The largest absolute Gasteiger partial charge is 0.365 e. The van der Waals surface area contributed by atoms with Crippen molar-refractivity contribution in [3.8, 4) is 6.07 Å². The average Bonchev–Trinajstić information content (AvgIpc) is 2.89. The molecule has 80 valence electrons. The van der Waals surface area contributed by atoms with Gasteiger partial charge in [0, 0.05) is 18.3 Å². The summed E-state index contributed by atoms with van der Waals surface area (Å²) >= 11 is 0. The van der Waals surface area contributed by atoms with Crippen molar-refractivity contribution >= 4 is 0 Å². The summed E-state index contributed by atoms with van der Waals surface area (Å²) in [5.41, 5.74) is 0.799. The summed E-state index contributed by atoms with van der Waals surface area (Å²) in [6.45, 7) is 4.16. The van der Waals surface area contributed by atoms with E-state index in [1.54, 1.807) is 0 Å². The first kappa shape index (κ1) is 10.3. The SMILES string of the molecule is CC(C#N)(Cc1ccc[nH]1)N1CCCC1. The van der Waals surface area contributed by atoms with Crippen molar-refractivity contribution in [1.82, 2.24) is 9.88 Å². The van der Waals surface area contributed by atoms with Gasteiger partial charge in [-0.25, -0.2) is 0 Å². The summed E-state index contributed by atoms with van der Waals surface area (Å²) in [7, 11) is 0. The molecule has 1 aliphatic heterocycles. The first-order chi connectivity index (χ1) is 7.24. The molecule has 0 aliphatic carbocycles. The molecule has 1 fully saturated rings. The van der Waals surface area contributed by atoms with E-state index in [-0.39, 0.29) is 5.54 Å². The van der Waals surface area contributed by atoms with Gasteiger partial charge in [-0.1, -0.05) is 0 Å². The highest BCUT2D eigenvalue weighted by atomic mass is 15.2. The summed E-state index contributed by atoms with van der Waals surface area (Å²) in [5.74, 6) is 0. The Morgan fingerprint density at radius 1 is 1.53 bits per heavy atom. The van der Waals surface area contributed by atoms with E-state index >= 15 is 0 Å². The van der Waals surface area contributed by atoms with Crippen LogP contribution in [-0.4, -0.2) is 28.5 Å². The Kier molecular flexibility index (Phi) is 2.79. The summed E-state index contributed by atoms with van der Waals surface area (Å²) in [6.07, 6.45) is 5.15. The van der Waals surface area contributed by atoms with Gasteiger partial charge in [0.15, 0.2) is 0 Å². The number of nitrogens with zero attached hydrogens (tertiary/aromatic N) is 2. The monoisotopic (exact) mass is 203 g/mol. The molecule has 0 aromatic carbocycles. The van der Waals surface area contributed by atoms with E-state index in [0.29, 0.717) is 0 Å². The molecule has 0 spiro atoms. The second-order valence-electron chi connectivity index (χ2n) is 4.45. The molecular formula is C12H17N3. The van der Waals surface area contributed by atoms with Crippen molar-refractivity contribution in [3.63, 3.8) is 0 Å². The van der Waals surface area contributed by atoms with Crippen LogP contribution in [0.25, 0.3) is 0 Å². The zero-order valence-corrected chi connectivity index (χ0v) is 9.16. The lowest BCUT2D eigenvalue weighted by molar-refractivity contribution is 0.190. The highest BCUT2D eigenvalue weighted by molar-refractivity contribution is 5.16. The van der Waals surface area contributed by atoms with Gasteiger partial charge in [-0.15, -0.1) is 0 Å². The Hall–Kier alpha value is -1.27. The third-order valence-electron chi connectivity index (χ3n) is 3.24. The molecule has 3 nitrogen and oxygen atoms in total. The highest BCUT2D eigenvalue weighted by Crippen LogP contribution is 2.24. The van der Waals surface area contributed by atoms with E-state index in [0.717, 1.165) is 25.2 Å². The van der Waals surface area contributed by atoms with Gasteiger partial charge in [-0.05, 0) is 45.0 Å². The molecule has 1 saturated heterocycles. The number of hydrogen-bond donors (Lipinski definition) is 1. The normalized spacial score (nSPS) is 21.1. The number of nitrogens with one attached hydrogen (secondary N) is 1. The number of aromatic amines is 1. The van der Waals surface area contributed by atoms with Crippen LogP contribution in [0.15, 0.2) is 18.3 Å². The number of aromatic nitrogens is 1. The Morgan fingerprint density at radius 2 is 2.27 bits per heavy atom. The Balaban J connectivity index is 2.11. The number of likely N-dealkylation sites (tertiary alicyclic amines) is 1. The molecular weight excluding hydrogens is 186 g/mol. The molecule has 2 rings (SSSR count). The first-order valence-corrected chi connectivity index (χ1v) is 5.53. The maximum Gasteiger partial charge on any atom is 0.111 e. The molecule has 1 unspecified atom stereocenters. The highest BCUT2D eigenvalue weighted by Gasteiger charge is 2.34. The van der Waals surface area contributed by atoms with E-state index in [1.807, 2.05) is 25.3 Å². The Labute approximate surface area is 90.7 Å². The predicted octanol–water partition coefficient (Wildman–Crippen LogP) is 1.94. The molecule has 15 heavy (non-hydrogen) atoms. The van der Waals surface area contributed by atoms with Gasteiger partial charge in [0.1, 0.15) is 5.54 Å². The van der Waals surface area contributed by atoms with Crippen LogP contribution in [0, 0.1) is 11.3 Å². The van der Waals surface area contributed by atoms with Crippen LogP contribution in [0.1, 0.15) is 25.5 Å². The van der Waals surface area contributed by atoms with Crippen molar-refractivity contribution < 1.29 is 0 Å². The van der Waals surface area contributed by atoms with Crippen LogP contribution in [0.5, 0.6) is 0 Å². The lowest BCUT2D eigenvalue weighted by atomic mass is 9.96. The lowest BCUT2D eigenvalue weighted by Crippen LogP contribution is -2.45. The fraction of sp³-hybridized carbons (Fsp3) is 0.583. The van der Waals surface area contributed by atoms with Crippen molar-refractivity contribution in [2.24, 2.45) is 0 Å². The lowest BCUT2D eigenvalue weighted by Gasteiger charge is -2.32. The zero-order valence-electron chi connectivity index (χ0n) is 9.16. The van der Waals surface area contributed by atoms with Crippen molar-refractivity contribution in [3.05, 3.63) is 24.0 Å². The van der Waals surface area contributed by atoms with Crippen LogP contribution in [-0.2, 0) is 6.42 Å². The summed E-state index contributed by atoms with van der Waals surface area (Å²) in [6, 6.07) is 6.50. The van der Waals surface area contributed by atoms with Crippen LogP contribution in [0.2, 0.25) is 0 Å². The van der Waals surface area contributed by atoms with Gasteiger partial charge in [0.05, 0.1) is 6.07 Å². The third kappa shape index (κ3) is 2.05. The number of nitriles is 1. The van der Waals surface area contributed by atoms with E-state index in [4.69, 9.17) is 0 Å². The minimum atomic E-state index is -0.346. The van der Waals surface area contributed by atoms with Crippen molar-refractivity contribution in [2.45, 2.75) is 31.7 Å². The number of H-pyrrole nitrogens is 1. The first-order valence-electron chi connectivity index (χ1n) is 5.53. The van der Waals surface area contributed by atoms with Gasteiger partial charge in [-0.2, -0.15) is 5.26 Å². The van der Waals surface area contributed by atoms with Crippen molar-refractivity contribution in [1.29, 1.82) is 5.26 Å². The van der Waals surface area contributed by atoms with Crippen LogP contribution in [0.4, 0.5) is 0 Å². The molecule has 1 aromatic rings. The van der Waals surface area contributed by atoms with E-state index < -0.39 is 0 Å². The summed E-state index contributed by atoms with van der Waals surface area (Å²) in [5, 5.41) is 9.34. The fourth-order valence-electron chi connectivity index (χ4n) is 2.28. The number of hydrogen-bond acceptors (Lipinski definition) is 2. The van der Waals surface area contributed by atoms with Gasteiger partial charge in [-0.3, -0.25) is 4.90 Å². The average molecular weight is 203 g/mol. The second kappa shape index (κ2) is 4.08. The van der Waals surface area contributed by atoms with E-state index in [2.05, 4.69) is 16.0 Å². The van der Waals surface area contributed by atoms with Crippen LogP contribution >= 0.6 is 0 Å². The molecule has 1 aromatic heterocycles. The van der Waals surface area contributed by atoms with Crippen LogP contribution < -0.4 is 0 Å². The van der Waals surface area contributed by atoms with Crippen LogP contribution in [0.3, 0.4) is 0 Å². The summed E-state index contributed by atoms with van der Waals surface area (Å²) in [4.78, 5) is 5.47. The molecule has 2 heterocycles. The van der Waals surface area contributed by atoms with Crippen molar-refractivity contribution in [2.75, 3.05) is 13.1 Å². The molecule has 1 N–H and O–H groups in total. The molecule has 1 aliphatic rings. The molecule has 1 atom stereocenters. The maximum absolute atomic E-state index is 9.34. The zero-order chi connectivity index (χ0) is 10.7. The van der Waals surface area contributed by atoms with Gasteiger partial charge < -0.3 is 4.98 Å². The summed E-state index contributed by atoms with van der Waals surface area (Å²) < 4.78 is 0. The third-order valence-corrected chi connectivity index (χ3v) is 3.24. The van der Waals surface area contributed by atoms with E-state index in [9.17, 15) is 5.26 Å². The quantitative estimate of drug-likeness (QED) is 0.815. The Bertz CT molecular complexity index is 343. The molecule has 0 radical (unpaired) electrons. The Morgan fingerprint density at radius 3 is 2.80 bits per heavy atom. The molecule has 0 amide bonds. The topological polar surface area (TPSA) is 42.8 Å². The van der Waals surface area contributed by atoms with Gasteiger partial charge in [0.25, 0.3) is 0 Å². The number of rotatable bonds is 3. The minimum Gasteiger partial charge on any atom is -0.365 e. The van der Waals surface area contributed by atoms with E-state index in [1.165, 1.54) is 12.8 Å². The fourth-order valence-corrected chi connectivity index (χ4v) is 2.28. The van der Waals surface area contributed by atoms with Gasteiger partial charge in [0.2, 0.25) is 0 Å².